The molecule has 0 spiro atoms. The van der Waals surface area contributed by atoms with Gasteiger partial charge in [-0.3, -0.25) is 9.59 Å². The summed E-state index contributed by atoms with van der Waals surface area (Å²) in [5.74, 6) is -2.81. The van der Waals surface area contributed by atoms with Crippen molar-refractivity contribution in [3.05, 3.63) is 24.2 Å². The molecule has 0 aliphatic carbocycles. The lowest BCUT2D eigenvalue weighted by atomic mass is 10.1. The first-order valence-corrected chi connectivity index (χ1v) is 5.88. The minimum Gasteiger partial charge on any atom is -0.480 e. The van der Waals surface area contributed by atoms with E-state index in [1.165, 1.54) is 23.6 Å². The number of hydrogen-bond donors (Lipinski definition) is 2. The third-order valence-corrected chi connectivity index (χ3v) is 4.04. The molecule has 2 N–H and O–H groups in total. The van der Waals surface area contributed by atoms with Crippen LogP contribution in [0.25, 0.3) is 0 Å². The number of aliphatic carboxylic acids is 2. The Labute approximate surface area is 99.8 Å². The molecule has 1 heterocycles. The first-order chi connectivity index (χ1) is 7.53. The van der Waals surface area contributed by atoms with Crippen molar-refractivity contribution in [1.29, 1.82) is 0 Å². The molecular formula is C9H9NO4S2. The van der Waals surface area contributed by atoms with Crippen LogP contribution >= 0.6 is 23.1 Å². The Morgan fingerprint density at radius 1 is 1.56 bits per heavy atom. The lowest BCUT2D eigenvalue weighted by molar-refractivity contribution is -0.151. The minimum atomic E-state index is -1.94. The average molecular weight is 259 g/mol. The molecule has 16 heavy (non-hydrogen) atoms. The van der Waals surface area contributed by atoms with Crippen molar-refractivity contribution in [3.8, 4) is 0 Å². The van der Waals surface area contributed by atoms with Crippen molar-refractivity contribution in [2.45, 2.75) is 15.5 Å². The SMILES string of the molecule is C=CCC(Sc1nccs1)(C(=O)O)C(=O)O. The summed E-state index contributed by atoms with van der Waals surface area (Å²) in [6.45, 7) is 3.38. The number of thioether (sulfide) groups is 1. The van der Waals surface area contributed by atoms with E-state index >= 15 is 0 Å². The van der Waals surface area contributed by atoms with Crippen LogP contribution in [0.3, 0.4) is 0 Å². The molecule has 1 aromatic rings. The van der Waals surface area contributed by atoms with Gasteiger partial charge in [0.2, 0.25) is 4.75 Å². The van der Waals surface area contributed by atoms with Gasteiger partial charge in [0.05, 0.1) is 0 Å². The molecular weight excluding hydrogens is 250 g/mol. The zero-order chi connectivity index (χ0) is 12.2. The van der Waals surface area contributed by atoms with Gasteiger partial charge in [-0.2, -0.15) is 0 Å². The van der Waals surface area contributed by atoms with E-state index in [1.54, 1.807) is 5.38 Å². The summed E-state index contributed by atoms with van der Waals surface area (Å²) in [7, 11) is 0. The molecule has 0 unspecified atom stereocenters. The van der Waals surface area contributed by atoms with Crippen LogP contribution in [0.5, 0.6) is 0 Å². The number of carboxylic acid groups (broad SMARTS) is 2. The highest BCUT2D eigenvalue weighted by Gasteiger charge is 2.47. The zero-order valence-electron chi connectivity index (χ0n) is 8.12. The summed E-state index contributed by atoms with van der Waals surface area (Å²) in [6, 6.07) is 0. The van der Waals surface area contributed by atoms with Gasteiger partial charge < -0.3 is 10.2 Å². The van der Waals surface area contributed by atoms with E-state index in [9.17, 15) is 9.59 Å². The number of nitrogens with zero attached hydrogens (tertiary/aromatic N) is 1. The van der Waals surface area contributed by atoms with Crippen LogP contribution in [0, 0.1) is 0 Å². The molecule has 0 fully saturated rings. The Morgan fingerprint density at radius 2 is 2.19 bits per heavy atom. The minimum absolute atomic E-state index is 0.165. The maximum Gasteiger partial charge on any atom is 0.332 e. The van der Waals surface area contributed by atoms with Crippen LogP contribution < -0.4 is 0 Å². The van der Waals surface area contributed by atoms with Gasteiger partial charge in [-0.15, -0.1) is 17.9 Å². The molecule has 1 rings (SSSR count). The van der Waals surface area contributed by atoms with Gasteiger partial charge >= 0.3 is 11.9 Å². The largest absolute Gasteiger partial charge is 0.480 e. The molecule has 0 aromatic carbocycles. The lowest BCUT2D eigenvalue weighted by Crippen LogP contribution is -2.43. The number of hydrogen-bond acceptors (Lipinski definition) is 5. The van der Waals surface area contributed by atoms with Crippen LogP contribution in [-0.2, 0) is 9.59 Å². The summed E-state index contributed by atoms with van der Waals surface area (Å²) in [6.07, 6.45) is 2.61. The van der Waals surface area contributed by atoms with E-state index in [1.807, 2.05) is 0 Å². The van der Waals surface area contributed by atoms with Gasteiger partial charge in [-0.05, 0) is 0 Å². The second kappa shape index (κ2) is 5.13. The fraction of sp³-hybridized carbons (Fsp3) is 0.222. The smallest absolute Gasteiger partial charge is 0.332 e. The Morgan fingerprint density at radius 3 is 2.56 bits per heavy atom. The molecule has 0 saturated carbocycles. The molecule has 0 bridgehead atoms. The second-order valence-electron chi connectivity index (χ2n) is 2.83. The zero-order valence-corrected chi connectivity index (χ0v) is 9.75. The maximum absolute atomic E-state index is 11.1. The molecule has 1 aromatic heterocycles. The molecule has 86 valence electrons. The third-order valence-electron chi connectivity index (χ3n) is 1.79. The molecule has 0 saturated heterocycles. The monoisotopic (exact) mass is 259 g/mol. The maximum atomic E-state index is 11.1. The summed E-state index contributed by atoms with van der Waals surface area (Å²) in [4.78, 5) is 26.1. The highest BCUT2D eigenvalue weighted by atomic mass is 32.2. The molecule has 0 atom stereocenters. The number of carboxylic acids is 2. The summed E-state index contributed by atoms with van der Waals surface area (Å²) in [5.41, 5.74) is 0. The Bertz CT molecular complexity index is 388. The quantitative estimate of drug-likeness (QED) is 0.459. The molecule has 0 radical (unpaired) electrons. The van der Waals surface area contributed by atoms with Gasteiger partial charge in [0.15, 0.2) is 4.34 Å². The predicted molar refractivity (Wildman–Crippen MR) is 60.8 cm³/mol. The van der Waals surface area contributed by atoms with Gasteiger partial charge in [0.1, 0.15) is 0 Å². The van der Waals surface area contributed by atoms with Crippen LogP contribution in [0.1, 0.15) is 6.42 Å². The van der Waals surface area contributed by atoms with E-state index in [2.05, 4.69) is 11.6 Å². The van der Waals surface area contributed by atoms with E-state index in [4.69, 9.17) is 10.2 Å². The van der Waals surface area contributed by atoms with Crippen LogP contribution in [0.4, 0.5) is 0 Å². The topological polar surface area (TPSA) is 87.5 Å². The molecule has 0 amide bonds. The fourth-order valence-corrected chi connectivity index (χ4v) is 2.94. The van der Waals surface area contributed by atoms with E-state index in [-0.39, 0.29) is 6.42 Å². The molecule has 0 aliphatic heterocycles. The van der Waals surface area contributed by atoms with E-state index < -0.39 is 16.7 Å². The number of allylic oxidation sites excluding steroid dienone is 1. The van der Waals surface area contributed by atoms with Crippen molar-refractivity contribution in [3.63, 3.8) is 0 Å². The van der Waals surface area contributed by atoms with Crippen molar-refractivity contribution in [1.82, 2.24) is 4.98 Å². The molecule has 7 heteroatoms. The standard InChI is InChI=1S/C9H9NO4S2/c1-2-3-9(6(11)12,7(13)14)16-8-10-4-5-15-8/h2,4-5H,1,3H2,(H,11,12)(H,13,14). The average Bonchev–Trinajstić information content (AvgIpc) is 2.68. The van der Waals surface area contributed by atoms with Gasteiger partial charge in [0, 0.05) is 18.0 Å². The van der Waals surface area contributed by atoms with Gasteiger partial charge in [-0.25, -0.2) is 4.98 Å². The Kier molecular flexibility index (Phi) is 4.08. The fourth-order valence-electron chi connectivity index (χ4n) is 1.01. The first-order valence-electron chi connectivity index (χ1n) is 4.19. The Hall–Kier alpha value is -1.34. The first kappa shape index (κ1) is 12.7. The van der Waals surface area contributed by atoms with Crippen LogP contribution in [-0.4, -0.2) is 31.9 Å². The Balaban J connectivity index is 3.06. The highest BCUT2D eigenvalue weighted by Crippen LogP contribution is 2.37. The molecule has 0 aliphatic rings. The van der Waals surface area contributed by atoms with Crippen LogP contribution in [0.2, 0.25) is 0 Å². The third kappa shape index (κ3) is 2.42. The van der Waals surface area contributed by atoms with Crippen molar-refractivity contribution < 1.29 is 19.8 Å². The summed E-state index contributed by atoms with van der Waals surface area (Å²) >= 11 is 1.92. The van der Waals surface area contributed by atoms with Crippen molar-refractivity contribution in [2.24, 2.45) is 0 Å². The van der Waals surface area contributed by atoms with Crippen molar-refractivity contribution in [2.75, 3.05) is 0 Å². The summed E-state index contributed by atoms with van der Waals surface area (Å²) < 4.78 is -1.54. The normalized spacial score (nSPS) is 11.0. The number of rotatable bonds is 6. The van der Waals surface area contributed by atoms with Crippen molar-refractivity contribution >= 4 is 35.0 Å². The van der Waals surface area contributed by atoms with E-state index in [0.717, 1.165) is 11.8 Å². The van der Waals surface area contributed by atoms with E-state index in [0.29, 0.717) is 4.34 Å². The number of thiazole rings is 1. The van der Waals surface area contributed by atoms with Gasteiger partial charge in [0.25, 0.3) is 0 Å². The number of aromatic nitrogens is 1. The number of carbonyl (C=O) groups is 2. The predicted octanol–water partition coefficient (Wildman–Crippen LogP) is 1.72. The molecule has 5 nitrogen and oxygen atoms in total. The van der Waals surface area contributed by atoms with Gasteiger partial charge in [-0.1, -0.05) is 17.8 Å². The summed E-state index contributed by atoms with van der Waals surface area (Å²) in [5, 5.41) is 19.8. The lowest BCUT2D eigenvalue weighted by Gasteiger charge is -2.21. The second-order valence-corrected chi connectivity index (χ2v) is 5.27. The highest BCUT2D eigenvalue weighted by molar-refractivity contribution is 8.03. The van der Waals surface area contributed by atoms with Crippen LogP contribution in [0.15, 0.2) is 28.6 Å².